The minimum atomic E-state index is -0.194. The molecule has 0 spiro atoms. The summed E-state index contributed by atoms with van der Waals surface area (Å²) < 4.78 is 22.3. The molecule has 0 aromatic heterocycles. The van der Waals surface area contributed by atoms with Crippen LogP contribution in [0.2, 0.25) is 0 Å². The molecule has 7 heteroatoms. The van der Waals surface area contributed by atoms with Crippen LogP contribution in [0.1, 0.15) is 69.4 Å². The third-order valence-electron chi connectivity index (χ3n) is 5.48. The van der Waals surface area contributed by atoms with Gasteiger partial charge in [-0.05, 0) is 25.8 Å². The lowest BCUT2D eigenvalue weighted by molar-refractivity contribution is -0.117. The third-order valence-corrected chi connectivity index (χ3v) is 5.48. The summed E-state index contributed by atoms with van der Waals surface area (Å²) in [5.41, 5.74) is 2.12. The minimum absolute atomic E-state index is 0.108. The first-order valence-corrected chi connectivity index (χ1v) is 11.5. The van der Waals surface area contributed by atoms with Crippen molar-refractivity contribution in [3.63, 3.8) is 0 Å². The van der Waals surface area contributed by atoms with Gasteiger partial charge in [-0.15, -0.1) is 0 Å². The summed E-state index contributed by atoms with van der Waals surface area (Å²) in [4.78, 5) is 12.8. The zero-order valence-corrected chi connectivity index (χ0v) is 20.6. The lowest BCUT2D eigenvalue weighted by atomic mass is 9.98. The largest absolute Gasteiger partial charge is 0.492 e. The van der Waals surface area contributed by atoms with Crippen molar-refractivity contribution in [3.8, 4) is 23.0 Å². The zero-order chi connectivity index (χ0) is 23.9. The molecule has 0 atom stereocenters. The van der Waals surface area contributed by atoms with E-state index in [1.165, 1.54) is 32.8 Å². The van der Waals surface area contributed by atoms with Crippen LogP contribution in [0.15, 0.2) is 5.57 Å². The molecule has 0 aliphatic heterocycles. The van der Waals surface area contributed by atoms with Crippen molar-refractivity contribution in [2.45, 2.75) is 65.2 Å². The van der Waals surface area contributed by atoms with Crippen LogP contribution in [-0.2, 0) is 4.79 Å². The molecule has 1 amide bonds. The summed E-state index contributed by atoms with van der Waals surface area (Å²) in [6.45, 7) is 4.20. The van der Waals surface area contributed by atoms with E-state index in [9.17, 15) is 4.79 Å². The van der Waals surface area contributed by atoms with Crippen molar-refractivity contribution >= 4 is 12.0 Å². The van der Waals surface area contributed by atoms with Gasteiger partial charge in [0.25, 0.3) is 0 Å². The van der Waals surface area contributed by atoms with Gasteiger partial charge in [0, 0.05) is 23.2 Å². The van der Waals surface area contributed by atoms with E-state index < -0.39 is 0 Å². The Labute approximate surface area is 193 Å². The van der Waals surface area contributed by atoms with Crippen molar-refractivity contribution in [1.82, 2.24) is 5.32 Å². The summed E-state index contributed by atoms with van der Waals surface area (Å²) in [5, 5.41) is 11.9. The number of carbonyl (C=O) groups excluding carboxylic acids is 1. The molecule has 1 rings (SSSR count). The van der Waals surface area contributed by atoms with E-state index in [4.69, 9.17) is 24.1 Å². The number of ether oxygens (including phenoxy) is 4. The summed E-state index contributed by atoms with van der Waals surface area (Å²) in [7, 11) is 6.21. The van der Waals surface area contributed by atoms with Gasteiger partial charge in [0.05, 0.1) is 35.0 Å². The molecule has 0 aliphatic carbocycles. The maximum atomic E-state index is 12.8. The Morgan fingerprint density at radius 3 is 1.91 bits per heavy atom. The highest BCUT2D eigenvalue weighted by atomic mass is 16.5. The summed E-state index contributed by atoms with van der Waals surface area (Å²) in [5.74, 6) is 1.67. The van der Waals surface area contributed by atoms with Crippen molar-refractivity contribution in [1.29, 1.82) is 0 Å². The Bertz CT molecular complexity index is 745. The van der Waals surface area contributed by atoms with E-state index in [0.717, 1.165) is 24.8 Å². The van der Waals surface area contributed by atoms with E-state index in [-0.39, 0.29) is 19.1 Å². The predicted molar refractivity (Wildman–Crippen MR) is 128 cm³/mol. The fourth-order valence-corrected chi connectivity index (χ4v) is 3.77. The van der Waals surface area contributed by atoms with Crippen LogP contribution >= 0.6 is 0 Å². The second-order valence-corrected chi connectivity index (χ2v) is 7.69. The van der Waals surface area contributed by atoms with E-state index in [2.05, 4.69) is 12.2 Å². The van der Waals surface area contributed by atoms with Crippen LogP contribution in [-0.4, -0.2) is 52.6 Å². The van der Waals surface area contributed by atoms with Gasteiger partial charge in [-0.25, -0.2) is 0 Å². The number of amides is 1. The Morgan fingerprint density at radius 2 is 1.38 bits per heavy atom. The van der Waals surface area contributed by atoms with E-state index in [0.29, 0.717) is 40.6 Å². The van der Waals surface area contributed by atoms with Crippen molar-refractivity contribution in [2.24, 2.45) is 0 Å². The van der Waals surface area contributed by atoms with E-state index in [1.54, 1.807) is 21.3 Å². The number of benzene rings is 1. The monoisotopic (exact) mass is 451 g/mol. The lowest BCUT2D eigenvalue weighted by Gasteiger charge is -2.21. The van der Waals surface area contributed by atoms with Crippen molar-refractivity contribution < 1.29 is 28.8 Å². The third kappa shape index (κ3) is 7.62. The average Bonchev–Trinajstić information content (AvgIpc) is 2.81. The molecule has 7 nitrogen and oxygen atoms in total. The highest BCUT2D eigenvalue weighted by Crippen LogP contribution is 2.50. The smallest absolute Gasteiger partial charge is 0.247 e. The Balaban J connectivity index is 3.29. The topological polar surface area (TPSA) is 86.2 Å². The molecule has 182 valence electrons. The second kappa shape index (κ2) is 15.4. The fourth-order valence-electron chi connectivity index (χ4n) is 3.77. The van der Waals surface area contributed by atoms with Crippen molar-refractivity contribution in [2.75, 3.05) is 41.6 Å². The van der Waals surface area contributed by atoms with Crippen molar-refractivity contribution in [3.05, 3.63) is 16.7 Å². The van der Waals surface area contributed by atoms with Gasteiger partial charge in [-0.1, -0.05) is 45.4 Å². The van der Waals surface area contributed by atoms with Gasteiger partial charge < -0.3 is 29.4 Å². The molecular formula is C25H41NO6. The maximum absolute atomic E-state index is 12.8. The lowest BCUT2D eigenvalue weighted by Crippen LogP contribution is -2.27. The van der Waals surface area contributed by atoms with Crippen LogP contribution in [0, 0.1) is 6.92 Å². The number of unbranched alkanes of at least 4 members (excludes halogenated alkanes) is 6. The first-order chi connectivity index (χ1) is 15.5. The van der Waals surface area contributed by atoms with Gasteiger partial charge in [0.2, 0.25) is 17.4 Å². The van der Waals surface area contributed by atoms with Gasteiger partial charge in [0.1, 0.15) is 0 Å². The van der Waals surface area contributed by atoms with Crippen LogP contribution < -0.4 is 24.3 Å². The zero-order valence-electron chi connectivity index (χ0n) is 20.6. The first-order valence-electron chi connectivity index (χ1n) is 11.5. The van der Waals surface area contributed by atoms with Gasteiger partial charge >= 0.3 is 0 Å². The molecule has 0 aliphatic rings. The summed E-state index contributed by atoms with van der Waals surface area (Å²) in [6, 6.07) is 0. The number of rotatable bonds is 16. The number of methoxy groups -OCH3 is 4. The number of hydrogen-bond acceptors (Lipinski definition) is 6. The van der Waals surface area contributed by atoms with E-state index >= 15 is 0 Å². The number of carbonyl (C=O) groups is 1. The number of nitrogens with one attached hydrogen (secondary N) is 1. The number of aliphatic hydroxyl groups is 1. The second-order valence-electron chi connectivity index (χ2n) is 7.69. The fraction of sp³-hybridized carbons (Fsp3) is 0.640. The standard InChI is InChI=1S/C25H41NO6/c1-7-8-9-10-11-12-13-14-19(25(28)26-15-16-27)17-20-18(2)21(29-3)23(31-5)24(32-6)22(20)30-4/h17,27H,7-16H2,1-6H3,(H,26,28)/b19-17+. The molecule has 0 radical (unpaired) electrons. The Hall–Kier alpha value is -2.41. The molecule has 0 fully saturated rings. The van der Waals surface area contributed by atoms with Crippen LogP contribution in [0.3, 0.4) is 0 Å². The molecule has 0 saturated heterocycles. The average molecular weight is 452 g/mol. The summed E-state index contributed by atoms with van der Waals surface area (Å²) in [6.07, 6.45) is 10.6. The van der Waals surface area contributed by atoms with Crippen LogP contribution in [0.5, 0.6) is 23.0 Å². The SMILES string of the molecule is CCCCCCCCC/C(=C\c1c(C)c(OC)c(OC)c(OC)c1OC)C(=O)NCCO. The summed E-state index contributed by atoms with van der Waals surface area (Å²) >= 11 is 0. The molecule has 1 aromatic carbocycles. The molecular weight excluding hydrogens is 410 g/mol. The predicted octanol–water partition coefficient (Wildman–Crippen LogP) is 4.66. The van der Waals surface area contributed by atoms with E-state index in [1.807, 2.05) is 13.0 Å². The maximum Gasteiger partial charge on any atom is 0.247 e. The molecule has 32 heavy (non-hydrogen) atoms. The molecule has 0 heterocycles. The van der Waals surface area contributed by atoms with Crippen LogP contribution in [0.4, 0.5) is 0 Å². The van der Waals surface area contributed by atoms with Gasteiger partial charge in [0.15, 0.2) is 11.5 Å². The Morgan fingerprint density at radius 1 is 0.844 bits per heavy atom. The molecule has 2 N–H and O–H groups in total. The number of hydrogen-bond donors (Lipinski definition) is 2. The van der Waals surface area contributed by atoms with Crippen LogP contribution in [0.25, 0.3) is 6.08 Å². The highest BCUT2D eigenvalue weighted by molar-refractivity contribution is 5.98. The van der Waals surface area contributed by atoms with Gasteiger partial charge in [-0.2, -0.15) is 0 Å². The molecule has 0 saturated carbocycles. The quantitative estimate of drug-likeness (QED) is 0.281. The molecule has 0 unspecified atom stereocenters. The highest BCUT2D eigenvalue weighted by Gasteiger charge is 2.25. The molecule has 0 bridgehead atoms. The van der Waals surface area contributed by atoms with Gasteiger partial charge in [-0.3, -0.25) is 4.79 Å². The Kier molecular flexibility index (Phi) is 13.3. The molecule has 1 aromatic rings. The minimum Gasteiger partial charge on any atom is -0.492 e. The number of aliphatic hydroxyl groups excluding tert-OH is 1. The normalized spacial score (nSPS) is 11.3. The first kappa shape index (κ1) is 27.6.